The molecule has 0 spiro atoms. The third-order valence-electron chi connectivity index (χ3n) is 4.13. The van der Waals surface area contributed by atoms with Gasteiger partial charge in [0.2, 0.25) is 0 Å². The fourth-order valence-corrected chi connectivity index (χ4v) is 2.90. The number of carbonyl (C=O) groups excluding carboxylic acids is 1. The Balaban J connectivity index is 2.02. The molecular weight excluding hydrogens is 294 g/mol. The standard InChI is InChI=1S/C18H19NO4/c1-21-12-6-4-11(5-7-12)13-10-19-17-15(23-3)9-8-14(22-2)16(17)18(13)20/h4-9,13,19H,10H2,1-3H3. The van der Waals surface area contributed by atoms with Crippen LogP contribution in [0.25, 0.3) is 0 Å². The predicted octanol–water partition coefficient (Wildman–Crippen LogP) is 3.10. The van der Waals surface area contributed by atoms with Gasteiger partial charge in [0.05, 0.1) is 38.5 Å². The highest BCUT2D eigenvalue weighted by Gasteiger charge is 2.33. The number of anilines is 1. The first-order chi connectivity index (χ1) is 11.2. The van der Waals surface area contributed by atoms with Gasteiger partial charge in [0, 0.05) is 6.54 Å². The van der Waals surface area contributed by atoms with E-state index in [2.05, 4.69) is 5.32 Å². The van der Waals surface area contributed by atoms with Gasteiger partial charge < -0.3 is 19.5 Å². The van der Waals surface area contributed by atoms with Crippen LogP contribution in [0.3, 0.4) is 0 Å². The third-order valence-corrected chi connectivity index (χ3v) is 4.13. The zero-order valence-corrected chi connectivity index (χ0v) is 13.4. The minimum Gasteiger partial charge on any atom is -0.497 e. The Hall–Kier alpha value is -2.69. The minimum absolute atomic E-state index is 0.0275. The Labute approximate surface area is 135 Å². The molecule has 5 heteroatoms. The minimum atomic E-state index is -0.269. The van der Waals surface area contributed by atoms with E-state index in [0.717, 1.165) is 11.3 Å². The Morgan fingerprint density at radius 2 is 1.57 bits per heavy atom. The normalized spacial score (nSPS) is 16.3. The zero-order valence-electron chi connectivity index (χ0n) is 13.4. The van der Waals surface area contributed by atoms with Crippen molar-refractivity contribution in [3.05, 3.63) is 47.5 Å². The average Bonchev–Trinajstić information content (AvgIpc) is 2.61. The van der Waals surface area contributed by atoms with Crippen molar-refractivity contribution in [2.24, 2.45) is 0 Å². The molecule has 0 fully saturated rings. The summed E-state index contributed by atoms with van der Waals surface area (Å²) >= 11 is 0. The molecule has 2 aromatic carbocycles. The molecule has 5 nitrogen and oxygen atoms in total. The van der Waals surface area contributed by atoms with Gasteiger partial charge in [-0.3, -0.25) is 4.79 Å². The van der Waals surface area contributed by atoms with Gasteiger partial charge in [-0.25, -0.2) is 0 Å². The number of methoxy groups -OCH3 is 3. The molecule has 0 aliphatic carbocycles. The largest absolute Gasteiger partial charge is 0.497 e. The fraction of sp³-hybridized carbons (Fsp3) is 0.278. The van der Waals surface area contributed by atoms with E-state index < -0.39 is 0 Å². The van der Waals surface area contributed by atoms with Crippen LogP contribution in [0.15, 0.2) is 36.4 Å². The van der Waals surface area contributed by atoms with Crippen LogP contribution in [0.1, 0.15) is 21.8 Å². The van der Waals surface area contributed by atoms with E-state index in [1.165, 1.54) is 0 Å². The van der Waals surface area contributed by atoms with E-state index in [-0.39, 0.29) is 11.7 Å². The second kappa shape index (κ2) is 6.20. The summed E-state index contributed by atoms with van der Waals surface area (Å²) in [5, 5.41) is 3.31. The van der Waals surface area contributed by atoms with Gasteiger partial charge >= 0.3 is 0 Å². The number of hydrogen-bond acceptors (Lipinski definition) is 5. The Bertz CT molecular complexity index is 725. The van der Waals surface area contributed by atoms with E-state index in [1.807, 2.05) is 24.3 Å². The second-order valence-corrected chi connectivity index (χ2v) is 5.29. The average molecular weight is 313 g/mol. The van der Waals surface area contributed by atoms with Crippen molar-refractivity contribution in [1.29, 1.82) is 0 Å². The number of ether oxygens (including phenoxy) is 3. The molecule has 0 amide bonds. The highest BCUT2D eigenvalue weighted by atomic mass is 16.5. The van der Waals surface area contributed by atoms with Crippen LogP contribution in [0.5, 0.6) is 17.2 Å². The Kier molecular flexibility index (Phi) is 4.10. The molecule has 1 heterocycles. The van der Waals surface area contributed by atoms with Crippen molar-refractivity contribution in [2.75, 3.05) is 33.2 Å². The first kappa shape index (κ1) is 15.2. The van der Waals surface area contributed by atoms with Crippen LogP contribution in [0.2, 0.25) is 0 Å². The molecule has 1 atom stereocenters. The fourth-order valence-electron chi connectivity index (χ4n) is 2.90. The van der Waals surface area contributed by atoms with Gasteiger partial charge in [0.25, 0.3) is 0 Å². The molecule has 1 N–H and O–H groups in total. The molecule has 2 aromatic rings. The van der Waals surface area contributed by atoms with E-state index in [4.69, 9.17) is 14.2 Å². The van der Waals surface area contributed by atoms with Crippen LogP contribution in [-0.2, 0) is 0 Å². The van der Waals surface area contributed by atoms with Gasteiger partial charge in [0.15, 0.2) is 5.78 Å². The van der Waals surface area contributed by atoms with Crippen LogP contribution < -0.4 is 19.5 Å². The summed E-state index contributed by atoms with van der Waals surface area (Å²) in [6, 6.07) is 11.1. The monoisotopic (exact) mass is 313 g/mol. The number of rotatable bonds is 4. The Morgan fingerprint density at radius 3 is 2.17 bits per heavy atom. The van der Waals surface area contributed by atoms with Crippen molar-refractivity contribution in [2.45, 2.75) is 5.92 Å². The number of nitrogens with one attached hydrogen (secondary N) is 1. The maximum atomic E-state index is 13.0. The van der Waals surface area contributed by atoms with Crippen LogP contribution in [0, 0.1) is 0 Å². The van der Waals surface area contributed by atoms with Crippen molar-refractivity contribution >= 4 is 11.5 Å². The first-order valence-corrected chi connectivity index (χ1v) is 7.36. The molecule has 1 aliphatic rings. The molecule has 0 radical (unpaired) electrons. The third kappa shape index (κ3) is 2.59. The van der Waals surface area contributed by atoms with Crippen molar-refractivity contribution < 1.29 is 19.0 Å². The lowest BCUT2D eigenvalue weighted by Crippen LogP contribution is -2.28. The molecule has 120 valence electrons. The maximum absolute atomic E-state index is 13.0. The highest BCUT2D eigenvalue weighted by molar-refractivity contribution is 6.10. The maximum Gasteiger partial charge on any atom is 0.178 e. The zero-order chi connectivity index (χ0) is 16.4. The molecule has 1 unspecified atom stereocenters. The topological polar surface area (TPSA) is 56.8 Å². The number of fused-ring (bicyclic) bond motifs is 1. The highest BCUT2D eigenvalue weighted by Crippen LogP contribution is 2.41. The van der Waals surface area contributed by atoms with E-state index in [0.29, 0.717) is 29.3 Å². The molecule has 0 aromatic heterocycles. The van der Waals surface area contributed by atoms with Gasteiger partial charge in [-0.15, -0.1) is 0 Å². The Morgan fingerprint density at radius 1 is 0.913 bits per heavy atom. The number of hydrogen-bond donors (Lipinski definition) is 1. The summed E-state index contributed by atoms with van der Waals surface area (Å²) in [6.07, 6.45) is 0. The van der Waals surface area contributed by atoms with Crippen LogP contribution in [0.4, 0.5) is 5.69 Å². The molecule has 23 heavy (non-hydrogen) atoms. The van der Waals surface area contributed by atoms with E-state index in [1.54, 1.807) is 33.5 Å². The molecule has 3 rings (SSSR count). The lowest BCUT2D eigenvalue weighted by molar-refractivity contribution is 0.0957. The number of benzene rings is 2. The summed E-state index contributed by atoms with van der Waals surface area (Å²) in [5.74, 6) is 1.72. The molecular formula is C18H19NO4. The molecule has 0 saturated carbocycles. The summed E-state index contributed by atoms with van der Waals surface area (Å²) in [6.45, 7) is 0.516. The van der Waals surface area contributed by atoms with E-state index >= 15 is 0 Å². The SMILES string of the molecule is COc1ccc(C2CNc3c(OC)ccc(OC)c3C2=O)cc1. The predicted molar refractivity (Wildman–Crippen MR) is 88.1 cm³/mol. The summed E-state index contributed by atoms with van der Waals surface area (Å²) in [4.78, 5) is 13.0. The number of Topliss-reactive ketones (excluding diaryl/α,β-unsaturated/α-hetero) is 1. The van der Waals surface area contributed by atoms with Crippen molar-refractivity contribution in [3.63, 3.8) is 0 Å². The van der Waals surface area contributed by atoms with Gasteiger partial charge in [-0.2, -0.15) is 0 Å². The van der Waals surface area contributed by atoms with Crippen molar-refractivity contribution in [3.8, 4) is 17.2 Å². The summed E-state index contributed by atoms with van der Waals surface area (Å²) < 4.78 is 15.9. The number of ketones is 1. The second-order valence-electron chi connectivity index (χ2n) is 5.29. The van der Waals surface area contributed by atoms with Gasteiger partial charge in [-0.1, -0.05) is 12.1 Å². The lowest BCUT2D eigenvalue weighted by Gasteiger charge is -2.28. The summed E-state index contributed by atoms with van der Waals surface area (Å²) in [7, 11) is 4.77. The lowest BCUT2D eigenvalue weighted by atomic mass is 9.86. The molecule has 0 bridgehead atoms. The van der Waals surface area contributed by atoms with Crippen LogP contribution in [-0.4, -0.2) is 33.7 Å². The number of carbonyl (C=O) groups is 1. The van der Waals surface area contributed by atoms with Crippen LogP contribution >= 0.6 is 0 Å². The van der Waals surface area contributed by atoms with Crippen molar-refractivity contribution in [1.82, 2.24) is 0 Å². The van der Waals surface area contributed by atoms with Gasteiger partial charge in [-0.05, 0) is 29.8 Å². The molecule has 0 saturated heterocycles. The first-order valence-electron chi connectivity index (χ1n) is 7.36. The smallest absolute Gasteiger partial charge is 0.178 e. The quantitative estimate of drug-likeness (QED) is 0.940. The van der Waals surface area contributed by atoms with E-state index in [9.17, 15) is 4.79 Å². The van der Waals surface area contributed by atoms with Gasteiger partial charge in [0.1, 0.15) is 17.2 Å². The molecule has 1 aliphatic heterocycles. The summed E-state index contributed by atoms with van der Waals surface area (Å²) in [5.41, 5.74) is 2.18.